The Morgan fingerprint density at radius 1 is 1.06 bits per heavy atom. The number of hydrogen-bond acceptors (Lipinski definition) is 4. The van der Waals surface area contributed by atoms with E-state index >= 15 is 0 Å². The van der Waals surface area contributed by atoms with Gasteiger partial charge in [-0.25, -0.2) is 8.42 Å². The van der Waals surface area contributed by atoms with Crippen LogP contribution in [0.25, 0.3) is 0 Å². The lowest BCUT2D eigenvalue weighted by molar-refractivity contribution is 0.0506. The first kappa shape index (κ1) is 23.0. The van der Waals surface area contributed by atoms with Crippen LogP contribution in [0.3, 0.4) is 0 Å². The number of aryl methyl sites for hydroxylation is 1. The van der Waals surface area contributed by atoms with E-state index in [4.69, 9.17) is 4.74 Å². The summed E-state index contributed by atoms with van der Waals surface area (Å²) < 4.78 is 33.7. The lowest BCUT2D eigenvalue weighted by atomic mass is 10.1. The molecule has 7 heteroatoms. The third kappa shape index (κ3) is 5.22. The van der Waals surface area contributed by atoms with E-state index in [0.717, 1.165) is 49.8 Å². The molecule has 1 unspecified atom stereocenters. The molecule has 0 N–H and O–H groups in total. The minimum Gasteiger partial charge on any atom is -0.376 e. The molecule has 2 aromatic rings. The highest BCUT2D eigenvalue weighted by Crippen LogP contribution is 2.25. The second kappa shape index (κ2) is 10.1. The van der Waals surface area contributed by atoms with Crippen LogP contribution in [0.2, 0.25) is 0 Å². The average Bonchev–Trinajstić information content (AvgIpc) is 3.33. The van der Waals surface area contributed by atoms with Gasteiger partial charge in [-0.2, -0.15) is 4.31 Å². The number of nitrogens with zero attached hydrogens (tertiary/aromatic N) is 2. The third-order valence-corrected chi connectivity index (χ3v) is 8.24. The number of carbonyl (C=O) groups excluding carboxylic acids is 1. The molecule has 0 saturated carbocycles. The van der Waals surface area contributed by atoms with Crippen molar-refractivity contribution in [3.05, 3.63) is 65.2 Å². The van der Waals surface area contributed by atoms with Crippen molar-refractivity contribution in [2.24, 2.45) is 0 Å². The molecule has 2 saturated heterocycles. The molecule has 4 rings (SSSR count). The molecule has 0 radical (unpaired) electrons. The largest absolute Gasteiger partial charge is 0.376 e. The number of ether oxygens (including phenoxy) is 1. The number of rotatable bonds is 7. The van der Waals surface area contributed by atoms with Crippen molar-refractivity contribution >= 4 is 15.9 Å². The highest BCUT2D eigenvalue weighted by atomic mass is 32.2. The van der Waals surface area contributed by atoms with Crippen LogP contribution in [0, 0.1) is 6.92 Å². The first-order chi connectivity index (χ1) is 15.4. The molecule has 0 spiro atoms. The minimum absolute atomic E-state index is 0.0169. The molecule has 2 aromatic carbocycles. The predicted octanol–water partition coefficient (Wildman–Crippen LogP) is 3.99. The molecule has 2 aliphatic heterocycles. The Morgan fingerprint density at radius 3 is 2.50 bits per heavy atom. The molecule has 0 aliphatic carbocycles. The Morgan fingerprint density at radius 2 is 1.81 bits per heavy atom. The van der Waals surface area contributed by atoms with Gasteiger partial charge in [0, 0.05) is 38.3 Å². The van der Waals surface area contributed by atoms with E-state index in [1.807, 2.05) is 37.3 Å². The standard InChI is InChI=1S/C25H32N2O4S/c1-20-12-13-23(32(29,30)27-14-6-3-7-15-27)17-24(20)25(28)26(19-22-11-8-16-31-22)18-21-9-4-2-5-10-21/h2,4-5,9-10,12-13,17,22H,3,6-8,11,14-16,18-19H2,1H3. The molecular weight excluding hydrogens is 424 g/mol. The SMILES string of the molecule is Cc1ccc(S(=O)(=O)N2CCCCC2)cc1C(=O)N(Cc1ccccc1)CC1CCCO1. The first-order valence-corrected chi connectivity index (χ1v) is 12.9. The molecule has 172 valence electrons. The Hall–Kier alpha value is -2.22. The second-order valence-electron chi connectivity index (χ2n) is 8.75. The van der Waals surface area contributed by atoms with Crippen LogP contribution >= 0.6 is 0 Å². The van der Waals surface area contributed by atoms with Crippen LogP contribution in [-0.4, -0.2) is 55.9 Å². The highest BCUT2D eigenvalue weighted by molar-refractivity contribution is 7.89. The minimum atomic E-state index is -3.60. The van der Waals surface area contributed by atoms with Crippen molar-refractivity contribution in [3.8, 4) is 0 Å². The molecule has 32 heavy (non-hydrogen) atoms. The van der Waals surface area contributed by atoms with Crippen LogP contribution in [-0.2, 0) is 21.3 Å². The number of benzene rings is 2. The Labute approximate surface area is 191 Å². The fourth-order valence-corrected chi connectivity index (χ4v) is 6.02. The summed E-state index contributed by atoms with van der Waals surface area (Å²) >= 11 is 0. The van der Waals surface area contributed by atoms with Gasteiger partial charge in [0.1, 0.15) is 0 Å². The zero-order chi connectivity index (χ0) is 22.6. The molecule has 2 heterocycles. The highest BCUT2D eigenvalue weighted by Gasteiger charge is 2.29. The van der Waals surface area contributed by atoms with Gasteiger partial charge in [0.15, 0.2) is 0 Å². The summed E-state index contributed by atoms with van der Waals surface area (Å²) in [5.74, 6) is -0.155. The van der Waals surface area contributed by atoms with Gasteiger partial charge in [-0.05, 0) is 55.9 Å². The summed E-state index contributed by atoms with van der Waals surface area (Å²) in [6.45, 7) is 4.62. The fraction of sp³-hybridized carbons (Fsp3) is 0.480. The monoisotopic (exact) mass is 456 g/mol. The van der Waals surface area contributed by atoms with Crippen molar-refractivity contribution in [1.82, 2.24) is 9.21 Å². The summed E-state index contributed by atoms with van der Waals surface area (Å²) in [6.07, 6.45) is 4.76. The lowest BCUT2D eigenvalue weighted by Gasteiger charge is -2.28. The summed E-state index contributed by atoms with van der Waals surface area (Å²) in [4.78, 5) is 15.7. The van der Waals surface area contributed by atoms with E-state index in [1.165, 1.54) is 0 Å². The Balaban J connectivity index is 1.62. The number of sulfonamides is 1. The summed E-state index contributed by atoms with van der Waals surface area (Å²) in [6, 6.07) is 14.8. The first-order valence-electron chi connectivity index (χ1n) is 11.5. The van der Waals surface area contributed by atoms with Crippen molar-refractivity contribution in [3.63, 3.8) is 0 Å². The Bertz CT molecular complexity index is 1030. The zero-order valence-electron chi connectivity index (χ0n) is 18.7. The average molecular weight is 457 g/mol. The van der Waals surface area contributed by atoms with Crippen LogP contribution in [0.5, 0.6) is 0 Å². The van der Waals surface area contributed by atoms with Crippen molar-refractivity contribution in [2.45, 2.75) is 56.6 Å². The molecule has 2 aliphatic rings. The number of amides is 1. The molecule has 2 fully saturated rings. The maximum absolute atomic E-state index is 13.7. The van der Waals surface area contributed by atoms with E-state index < -0.39 is 10.0 Å². The summed E-state index contributed by atoms with van der Waals surface area (Å²) in [5, 5.41) is 0. The van der Waals surface area contributed by atoms with Gasteiger partial charge in [0.25, 0.3) is 5.91 Å². The van der Waals surface area contributed by atoms with Crippen molar-refractivity contribution < 1.29 is 17.9 Å². The fourth-order valence-electron chi connectivity index (χ4n) is 4.47. The van der Waals surface area contributed by atoms with Gasteiger partial charge in [0.05, 0.1) is 11.0 Å². The van der Waals surface area contributed by atoms with Crippen LogP contribution in [0.15, 0.2) is 53.4 Å². The van der Waals surface area contributed by atoms with E-state index in [9.17, 15) is 13.2 Å². The number of carbonyl (C=O) groups is 1. The molecular formula is C25H32N2O4S. The van der Waals surface area contributed by atoms with E-state index in [0.29, 0.717) is 31.7 Å². The topological polar surface area (TPSA) is 66.9 Å². The third-order valence-electron chi connectivity index (χ3n) is 6.34. The van der Waals surface area contributed by atoms with Crippen LogP contribution in [0.4, 0.5) is 0 Å². The zero-order valence-corrected chi connectivity index (χ0v) is 19.5. The van der Waals surface area contributed by atoms with E-state index in [-0.39, 0.29) is 16.9 Å². The molecule has 1 amide bonds. The van der Waals surface area contributed by atoms with Gasteiger partial charge < -0.3 is 9.64 Å². The molecule has 6 nitrogen and oxygen atoms in total. The smallest absolute Gasteiger partial charge is 0.254 e. The van der Waals surface area contributed by atoms with Gasteiger partial charge >= 0.3 is 0 Å². The second-order valence-corrected chi connectivity index (χ2v) is 10.7. The maximum Gasteiger partial charge on any atom is 0.254 e. The van der Waals surface area contributed by atoms with Crippen LogP contribution < -0.4 is 0 Å². The number of piperidine rings is 1. The van der Waals surface area contributed by atoms with Gasteiger partial charge in [-0.15, -0.1) is 0 Å². The van der Waals surface area contributed by atoms with E-state index in [2.05, 4.69) is 0 Å². The molecule has 0 aromatic heterocycles. The summed E-state index contributed by atoms with van der Waals surface area (Å²) in [5.41, 5.74) is 2.25. The quantitative estimate of drug-likeness (QED) is 0.632. The van der Waals surface area contributed by atoms with Gasteiger partial charge in [-0.1, -0.05) is 42.8 Å². The van der Waals surface area contributed by atoms with Gasteiger partial charge in [-0.3, -0.25) is 4.79 Å². The van der Waals surface area contributed by atoms with Gasteiger partial charge in [0.2, 0.25) is 10.0 Å². The number of hydrogen-bond donors (Lipinski definition) is 0. The van der Waals surface area contributed by atoms with Crippen LogP contribution in [0.1, 0.15) is 53.6 Å². The lowest BCUT2D eigenvalue weighted by Crippen LogP contribution is -2.38. The normalized spacial score (nSPS) is 19.7. The molecule has 1 atom stereocenters. The van der Waals surface area contributed by atoms with E-state index in [1.54, 1.807) is 27.4 Å². The maximum atomic E-state index is 13.7. The predicted molar refractivity (Wildman–Crippen MR) is 124 cm³/mol. The molecule has 0 bridgehead atoms. The van der Waals surface area contributed by atoms with Crippen molar-refractivity contribution in [2.75, 3.05) is 26.2 Å². The van der Waals surface area contributed by atoms with Crippen molar-refractivity contribution in [1.29, 1.82) is 0 Å². The Kier molecular flexibility index (Phi) is 7.28. The summed E-state index contributed by atoms with van der Waals surface area (Å²) in [7, 11) is -3.60.